The summed E-state index contributed by atoms with van der Waals surface area (Å²) in [6.07, 6.45) is 6.26. The smallest absolute Gasteiger partial charge is 0.319 e. The third-order valence-corrected chi connectivity index (χ3v) is 2.84. The number of urea groups is 1. The summed E-state index contributed by atoms with van der Waals surface area (Å²) >= 11 is 0. The van der Waals surface area contributed by atoms with Crippen molar-refractivity contribution in [1.29, 1.82) is 0 Å². The average molecular weight is 288 g/mol. The van der Waals surface area contributed by atoms with E-state index < -0.39 is 0 Å². The molecule has 0 saturated heterocycles. The first-order valence-electron chi connectivity index (χ1n) is 7.01. The Hall–Kier alpha value is -2.50. The van der Waals surface area contributed by atoms with E-state index in [-0.39, 0.29) is 6.03 Å². The molecule has 6 heteroatoms. The van der Waals surface area contributed by atoms with Crippen LogP contribution in [0.4, 0.5) is 10.5 Å². The Balaban J connectivity index is 1.70. The highest BCUT2D eigenvalue weighted by atomic mass is 16.5. The van der Waals surface area contributed by atoms with E-state index >= 15 is 0 Å². The van der Waals surface area contributed by atoms with Gasteiger partial charge in [-0.3, -0.25) is 0 Å². The van der Waals surface area contributed by atoms with Crippen LogP contribution in [-0.2, 0) is 6.54 Å². The van der Waals surface area contributed by atoms with Crippen molar-refractivity contribution in [2.75, 3.05) is 18.5 Å². The van der Waals surface area contributed by atoms with E-state index in [0.29, 0.717) is 18.8 Å². The molecule has 2 amide bonds. The average Bonchev–Trinajstić information content (AvgIpc) is 2.98. The van der Waals surface area contributed by atoms with Crippen LogP contribution >= 0.6 is 0 Å². The van der Waals surface area contributed by atoms with Crippen molar-refractivity contribution in [3.05, 3.63) is 43.0 Å². The van der Waals surface area contributed by atoms with Gasteiger partial charge in [0.05, 0.1) is 12.9 Å². The SMILES string of the molecule is CCOc1cccc(NC(=O)NCCCn2ccnc2)c1. The molecule has 0 atom stereocenters. The fourth-order valence-corrected chi connectivity index (χ4v) is 1.89. The number of benzene rings is 1. The number of aryl methyl sites for hydroxylation is 1. The van der Waals surface area contributed by atoms with Gasteiger partial charge < -0.3 is 19.9 Å². The Labute approximate surface area is 124 Å². The highest BCUT2D eigenvalue weighted by Crippen LogP contribution is 2.16. The van der Waals surface area contributed by atoms with Gasteiger partial charge in [0, 0.05) is 37.2 Å². The minimum absolute atomic E-state index is 0.214. The normalized spacial score (nSPS) is 10.1. The molecule has 6 nitrogen and oxygen atoms in total. The predicted molar refractivity (Wildman–Crippen MR) is 81.5 cm³/mol. The minimum Gasteiger partial charge on any atom is -0.494 e. The fourth-order valence-electron chi connectivity index (χ4n) is 1.89. The molecule has 0 fully saturated rings. The molecule has 2 aromatic rings. The molecule has 0 radical (unpaired) electrons. The molecule has 1 heterocycles. The maximum Gasteiger partial charge on any atom is 0.319 e. The third-order valence-electron chi connectivity index (χ3n) is 2.84. The van der Waals surface area contributed by atoms with Gasteiger partial charge in [-0.15, -0.1) is 0 Å². The number of carbonyl (C=O) groups is 1. The van der Waals surface area contributed by atoms with Gasteiger partial charge >= 0.3 is 6.03 Å². The summed E-state index contributed by atoms with van der Waals surface area (Å²) in [6, 6.07) is 7.12. The van der Waals surface area contributed by atoms with E-state index in [1.54, 1.807) is 18.6 Å². The minimum atomic E-state index is -0.214. The summed E-state index contributed by atoms with van der Waals surface area (Å²) in [5.41, 5.74) is 0.716. The highest BCUT2D eigenvalue weighted by Gasteiger charge is 2.02. The van der Waals surface area contributed by atoms with Gasteiger partial charge in [-0.1, -0.05) is 6.07 Å². The van der Waals surface area contributed by atoms with Gasteiger partial charge in [-0.25, -0.2) is 9.78 Å². The highest BCUT2D eigenvalue weighted by molar-refractivity contribution is 5.89. The van der Waals surface area contributed by atoms with Crippen LogP contribution in [0.25, 0.3) is 0 Å². The molecule has 0 bridgehead atoms. The van der Waals surface area contributed by atoms with Gasteiger partial charge in [0.2, 0.25) is 0 Å². The van der Waals surface area contributed by atoms with Gasteiger partial charge in [0.25, 0.3) is 0 Å². The second-order valence-corrected chi connectivity index (χ2v) is 4.50. The van der Waals surface area contributed by atoms with Crippen molar-refractivity contribution in [3.8, 4) is 5.75 Å². The third kappa shape index (κ3) is 5.18. The number of hydrogen-bond donors (Lipinski definition) is 2. The molecule has 0 aliphatic carbocycles. The summed E-state index contributed by atoms with van der Waals surface area (Å²) in [7, 11) is 0. The summed E-state index contributed by atoms with van der Waals surface area (Å²) in [4.78, 5) is 15.7. The molecule has 112 valence electrons. The maximum absolute atomic E-state index is 11.8. The van der Waals surface area contributed by atoms with Crippen LogP contribution in [0.15, 0.2) is 43.0 Å². The van der Waals surface area contributed by atoms with Gasteiger partial charge in [0.1, 0.15) is 5.75 Å². The Morgan fingerprint density at radius 1 is 1.43 bits per heavy atom. The standard InChI is InChI=1S/C15H20N4O2/c1-2-21-14-6-3-5-13(11-14)18-15(20)17-7-4-9-19-10-8-16-12-19/h3,5-6,8,10-12H,2,4,7,9H2,1H3,(H2,17,18,20). The molecule has 21 heavy (non-hydrogen) atoms. The van der Waals surface area contributed by atoms with Crippen molar-refractivity contribution in [3.63, 3.8) is 0 Å². The Morgan fingerprint density at radius 2 is 2.33 bits per heavy atom. The molecule has 2 N–H and O–H groups in total. The number of rotatable bonds is 7. The summed E-state index contributed by atoms with van der Waals surface area (Å²) in [6.45, 7) is 3.96. The molecule has 0 aliphatic rings. The van der Waals surface area contributed by atoms with E-state index in [2.05, 4.69) is 15.6 Å². The van der Waals surface area contributed by atoms with Crippen molar-refractivity contribution >= 4 is 11.7 Å². The molecular formula is C15H20N4O2. The molecule has 2 rings (SSSR count). The van der Waals surface area contributed by atoms with Gasteiger partial charge in [-0.05, 0) is 25.5 Å². The first-order valence-corrected chi connectivity index (χ1v) is 7.01. The number of anilines is 1. The zero-order chi connectivity index (χ0) is 14.9. The van der Waals surface area contributed by atoms with E-state index in [9.17, 15) is 4.79 Å². The summed E-state index contributed by atoms with van der Waals surface area (Å²) < 4.78 is 7.36. The first kappa shape index (κ1) is 14.9. The van der Waals surface area contributed by atoms with E-state index in [1.807, 2.05) is 35.9 Å². The van der Waals surface area contributed by atoms with E-state index in [4.69, 9.17) is 4.74 Å². The van der Waals surface area contributed by atoms with E-state index in [0.717, 1.165) is 18.7 Å². The van der Waals surface area contributed by atoms with Crippen LogP contribution in [0.1, 0.15) is 13.3 Å². The number of nitrogens with one attached hydrogen (secondary N) is 2. The number of hydrogen-bond acceptors (Lipinski definition) is 3. The Bertz CT molecular complexity index is 555. The molecule has 0 unspecified atom stereocenters. The molecule has 0 saturated carbocycles. The molecule has 0 spiro atoms. The predicted octanol–water partition coefficient (Wildman–Crippen LogP) is 2.49. The number of aromatic nitrogens is 2. The molecular weight excluding hydrogens is 268 g/mol. The van der Waals surface area contributed by atoms with Crippen LogP contribution < -0.4 is 15.4 Å². The quantitative estimate of drug-likeness (QED) is 0.769. The summed E-state index contributed by atoms with van der Waals surface area (Å²) in [5.74, 6) is 0.746. The number of ether oxygens (including phenoxy) is 1. The Kier molecular flexibility index (Phi) is 5.63. The topological polar surface area (TPSA) is 68.2 Å². The summed E-state index contributed by atoms with van der Waals surface area (Å²) in [5, 5.41) is 5.61. The lowest BCUT2D eigenvalue weighted by atomic mass is 10.3. The molecule has 0 aliphatic heterocycles. The number of nitrogens with zero attached hydrogens (tertiary/aromatic N) is 2. The van der Waals surface area contributed by atoms with Crippen LogP contribution in [-0.4, -0.2) is 28.7 Å². The molecule has 1 aromatic heterocycles. The second-order valence-electron chi connectivity index (χ2n) is 4.50. The number of imidazole rings is 1. The van der Waals surface area contributed by atoms with Crippen LogP contribution in [0.3, 0.4) is 0 Å². The van der Waals surface area contributed by atoms with Crippen LogP contribution in [0, 0.1) is 0 Å². The fraction of sp³-hybridized carbons (Fsp3) is 0.333. The lowest BCUT2D eigenvalue weighted by Crippen LogP contribution is -2.30. The van der Waals surface area contributed by atoms with Crippen molar-refractivity contribution in [2.24, 2.45) is 0 Å². The van der Waals surface area contributed by atoms with Crippen molar-refractivity contribution in [1.82, 2.24) is 14.9 Å². The largest absolute Gasteiger partial charge is 0.494 e. The monoisotopic (exact) mass is 288 g/mol. The maximum atomic E-state index is 11.8. The zero-order valence-corrected chi connectivity index (χ0v) is 12.1. The first-order chi connectivity index (χ1) is 10.3. The van der Waals surface area contributed by atoms with Crippen molar-refractivity contribution in [2.45, 2.75) is 19.9 Å². The number of carbonyl (C=O) groups excluding carboxylic acids is 1. The lowest BCUT2D eigenvalue weighted by molar-refractivity contribution is 0.252. The van der Waals surface area contributed by atoms with E-state index in [1.165, 1.54) is 0 Å². The molecule has 1 aromatic carbocycles. The second kappa shape index (κ2) is 7.94. The van der Waals surface area contributed by atoms with Crippen molar-refractivity contribution < 1.29 is 9.53 Å². The lowest BCUT2D eigenvalue weighted by Gasteiger charge is -2.09. The number of amides is 2. The zero-order valence-electron chi connectivity index (χ0n) is 12.1. The van der Waals surface area contributed by atoms with Gasteiger partial charge in [0.15, 0.2) is 0 Å². The Morgan fingerprint density at radius 3 is 3.10 bits per heavy atom. The van der Waals surface area contributed by atoms with Crippen LogP contribution in [0.2, 0.25) is 0 Å². The van der Waals surface area contributed by atoms with Crippen LogP contribution in [0.5, 0.6) is 5.75 Å². The van der Waals surface area contributed by atoms with Gasteiger partial charge in [-0.2, -0.15) is 0 Å².